The highest BCUT2D eigenvalue weighted by Gasteiger charge is 2.14. The van der Waals surface area contributed by atoms with Crippen molar-refractivity contribution in [1.82, 2.24) is 10.3 Å². The first-order valence-corrected chi connectivity index (χ1v) is 12.9. The average molecular weight is 479 g/mol. The molecule has 0 unspecified atom stereocenters. The highest BCUT2D eigenvalue weighted by atomic mass is 32.2. The molecule has 0 spiro atoms. The van der Waals surface area contributed by atoms with Gasteiger partial charge in [-0.3, -0.25) is 9.59 Å². The second-order valence-electron chi connectivity index (χ2n) is 7.31. The van der Waals surface area contributed by atoms with Gasteiger partial charge in [-0.2, -0.15) is 0 Å². The number of benzene rings is 2. The number of phenolic OH excluding ortho intramolecular Hbond substituents is 1. The number of carbonyl (C=O) groups is 1. The molecule has 0 saturated heterocycles. The molecule has 2 aromatic carbocycles. The molecule has 8 nitrogen and oxygen atoms in total. The number of rotatable bonds is 12. The van der Waals surface area contributed by atoms with E-state index >= 15 is 0 Å². The third-order valence-electron chi connectivity index (χ3n) is 4.91. The van der Waals surface area contributed by atoms with Gasteiger partial charge in [-0.05, 0) is 30.0 Å². The maximum absolute atomic E-state index is 12.1. The molecule has 3 aromatic rings. The maximum Gasteiger partial charge on any atom is 0.305 e. The second-order valence-corrected chi connectivity index (χ2v) is 10.6. The molecule has 3 rings (SSSR count). The number of aromatic hydroxyl groups is 1. The van der Waals surface area contributed by atoms with Gasteiger partial charge >= 0.3 is 4.87 Å². The van der Waals surface area contributed by atoms with Crippen LogP contribution in [0.3, 0.4) is 0 Å². The molecule has 3 N–H and O–H groups in total. The van der Waals surface area contributed by atoms with E-state index in [4.69, 9.17) is 4.74 Å². The third kappa shape index (κ3) is 7.18. The van der Waals surface area contributed by atoms with Crippen LogP contribution in [0, 0.1) is 0 Å². The van der Waals surface area contributed by atoms with Gasteiger partial charge in [0.05, 0.1) is 29.4 Å². The predicted molar refractivity (Wildman–Crippen MR) is 125 cm³/mol. The number of phenols is 1. The number of carbonyl (C=O) groups excluding carboxylic acids is 1. The van der Waals surface area contributed by atoms with Crippen LogP contribution >= 0.6 is 11.3 Å². The zero-order valence-electron chi connectivity index (χ0n) is 17.5. The molecule has 10 heteroatoms. The van der Waals surface area contributed by atoms with Crippen molar-refractivity contribution in [2.75, 3.05) is 31.3 Å². The number of sulfone groups is 1. The quantitative estimate of drug-likeness (QED) is 0.342. The number of aromatic nitrogens is 1. The van der Waals surface area contributed by atoms with Crippen LogP contribution in [-0.4, -0.2) is 55.7 Å². The van der Waals surface area contributed by atoms with Crippen molar-refractivity contribution in [2.24, 2.45) is 0 Å². The number of ether oxygens (including phenoxy) is 1. The molecule has 0 aliphatic heterocycles. The van der Waals surface area contributed by atoms with Gasteiger partial charge in [-0.15, -0.1) is 0 Å². The summed E-state index contributed by atoms with van der Waals surface area (Å²) in [6, 6.07) is 13.0. The van der Waals surface area contributed by atoms with E-state index in [1.54, 1.807) is 6.07 Å². The Hall–Kier alpha value is -2.69. The molecule has 0 aliphatic carbocycles. The Morgan fingerprint density at radius 1 is 1.06 bits per heavy atom. The summed E-state index contributed by atoms with van der Waals surface area (Å²) in [4.78, 5) is 25.9. The molecule has 0 radical (unpaired) electrons. The summed E-state index contributed by atoms with van der Waals surface area (Å²) in [6.45, 7) is 0.848. The Kier molecular flexibility index (Phi) is 8.43. The highest BCUT2D eigenvalue weighted by molar-refractivity contribution is 7.91. The van der Waals surface area contributed by atoms with E-state index in [-0.39, 0.29) is 41.1 Å². The van der Waals surface area contributed by atoms with Gasteiger partial charge in [0.25, 0.3) is 0 Å². The van der Waals surface area contributed by atoms with Crippen LogP contribution in [0.15, 0.2) is 47.3 Å². The molecular weight excluding hydrogens is 452 g/mol. The van der Waals surface area contributed by atoms with Gasteiger partial charge in [0.1, 0.15) is 11.3 Å². The smallest absolute Gasteiger partial charge is 0.305 e. The zero-order valence-corrected chi connectivity index (χ0v) is 19.1. The van der Waals surface area contributed by atoms with E-state index in [0.717, 1.165) is 28.9 Å². The van der Waals surface area contributed by atoms with Crippen molar-refractivity contribution in [3.8, 4) is 5.75 Å². The fourth-order valence-electron chi connectivity index (χ4n) is 3.17. The van der Waals surface area contributed by atoms with Crippen LogP contribution in [0.4, 0.5) is 0 Å². The van der Waals surface area contributed by atoms with Crippen molar-refractivity contribution < 1.29 is 23.1 Å². The minimum Gasteiger partial charge on any atom is -0.506 e. The van der Waals surface area contributed by atoms with Gasteiger partial charge in [-0.25, -0.2) is 8.42 Å². The first kappa shape index (κ1) is 24.0. The second kappa shape index (κ2) is 11.3. The molecule has 172 valence electrons. The molecule has 0 saturated carbocycles. The van der Waals surface area contributed by atoms with Gasteiger partial charge in [0, 0.05) is 13.0 Å². The minimum absolute atomic E-state index is 0.000359. The average Bonchev–Trinajstić information content (AvgIpc) is 3.17. The third-order valence-corrected chi connectivity index (χ3v) is 7.48. The summed E-state index contributed by atoms with van der Waals surface area (Å²) < 4.78 is 30.3. The fourth-order valence-corrected chi connectivity index (χ4v) is 5.14. The largest absolute Gasteiger partial charge is 0.506 e. The summed E-state index contributed by atoms with van der Waals surface area (Å²) in [5.74, 6) is -0.701. The number of aromatic amines is 1. The monoisotopic (exact) mass is 478 g/mol. The van der Waals surface area contributed by atoms with Crippen molar-refractivity contribution >= 4 is 37.3 Å². The Morgan fingerprint density at radius 3 is 2.62 bits per heavy atom. The summed E-state index contributed by atoms with van der Waals surface area (Å²) in [5, 5.41) is 12.5. The maximum atomic E-state index is 12.1. The van der Waals surface area contributed by atoms with E-state index in [1.165, 1.54) is 6.07 Å². The van der Waals surface area contributed by atoms with Gasteiger partial charge < -0.3 is 20.1 Å². The summed E-state index contributed by atoms with van der Waals surface area (Å²) in [7, 11) is -3.38. The lowest BCUT2D eigenvalue weighted by Gasteiger charge is -2.08. The van der Waals surface area contributed by atoms with Crippen LogP contribution in [0.2, 0.25) is 0 Å². The molecule has 1 aromatic heterocycles. The van der Waals surface area contributed by atoms with Gasteiger partial charge in [0.2, 0.25) is 5.91 Å². The number of fused-ring (bicyclic) bond motifs is 1. The van der Waals surface area contributed by atoms with Crippen LogP contribution in [-0.2, 0) is 32.2 Å². The molecule has 0 bridgehead atoms. The number of H-pyrrole nitrogens is 1. The highest BCUT2D eigenvalue weighted by Crippen LogP contribution is 2.27. The predicted octanol–water partition coefficient (Wildman–Crippen LogP) is 2.02. The SMILES string of the molecule is O=C(CCS(=O)(=O)CCOCCc1ccccc1)NCCc1ccc(O)c2[nH]c(=O)sc12. The van der Waals surface area contributed by atoms with E-state index in [9.17, 15) is 23.1 Å². The molecule has 32 heavy (non-hydrogen) atoms. The molecule has 0 aliphatic rings. The standard InChI is InChI=1S/C22H26N2O6S2/c25-18-7-6-17(21-20(18)24-22(27)31-21)8-11-23-19(26)10-14-32(28,29)15-13-30-12-9-16-4-2-1-3-5-16/h1-7,25H,8-15H2,(H,23,26)(H,24,27). The van der Waals surface area contributed by atoms with E-state index in [1.807, 2.05) is 30.3 Å². The van der Waals surface area contributed by atoms with E-state index in [0.29, 0.717) is 29.8 Å². The summed E-state index contributed by atoms with van der Waals surface area (Å²) in [6.07, 6.45) is 1.06. The van der Waals surface area contributed by atoms with Crippen LogP contribution in [0.25, 0.3) is 10.2 Å². The van der Waals surface area contributed by atoms with Crippen LogP contribution in [0.5, 0.6) is 5.75 Å². The lowest BCUT2D eigenvalue weighted by Crippen LogP contribution is -2.28. The van der Waals surface area contributed by atoms with E-state index in [2.05, 4.69) is 10.3 Å². The normalized spacial score (nSPS) is 11.6. The number of nitrogens with one attached hydrogen (secondary N) is 2. The van der Waals surface area contributed by atoms with Crippen molar-refractivity contribution in [2.45, 2.75) is 19.3 Å². The van der Waals surface area contributed by atoms with Crippen LogP contribution in [0.1, 0.15) is 17.5 Å². The zero-order chi connectivity index (χ0) is 23.0. The number of amides is 1. The lowest BCUT2D eigenvalue weighted by atomic mass is 10.1. The van der Waals surface area contributed by atoms with Gasteiger partial charge in [-0.1, -0.05) is 47.7 Å². The van der Waals surface area contributed by atoms with Gasteiger partial charge in [0.15, 0.2) is 9.84 Å². The van der Waals surface area contributed by atoms with E-state index < -0.39 is 9.84 Å². The lowest BCUT2D eigenvalue weighted by molar-refractivity contribution is -0.120. The van der Waals surface area contributed by atoms with Crippen molar-refractivity contribution in [3.05, 3.63) is 63.3 Å². The Balaban J connectivity index is 1.34. The Labute approximate surface area is 190 Å². The number of hydrogen-bond donors (Lipinski definition) is 3. The molecule has 1 heterocycles. The topological polar surface area (TPSA) is 126 Å². The summed E-state index contributed by atoms with van der Waals surface area (Å²) in [5.41, 5.74) is 2.34. The Morgan fingerprint density at radius 2 is 1.84 bits per heavy atom. The molecule has 0 atom stereocenters. The number of hydrogen-bond acceptors (Lipinski definition) is 7. The molecular formula is C22H26N2O6S2. The first-order chi connectivity index (χ1) is 15.3. The number of thiazole rings is 1. The summed E-state index contributed by atoms with van der Waals surface area (Å²) >= 11 is 1.00. The fraction of sp³-hybridized carbons (Fsp3) is 0.364. The Bertz CT molecular complexity index is 1200. The van der Waals surface area contributed by atoms with Crippen LogP contribution < -0.4 is 10.2 Å². The van der Waals surface area contributed by atoms with Crippen molar-refractivity contribution in [3.63, 3.8) is 0 Å². The molecule has 0 fully saturated rings. The first-order valence-electron chi connectivity index (χ1n) is 10.3. The minimum atomic E-state index is -3.38. The molecule has 1 amide bonds. The van der Waals surface area contributed by atoms with Crippen molar-refractivity contribution in [1.29, 1.82) is 0 Å².